The van der Waals surface area contributed by atoms with Crippen LogP contribution in [0.15, 0.2) is 78.0 Å². The van der Waals surface area contributed by atoms with Crippen LogP contribution >= 0.6 is 11.8 Å². The van der Waals surface area contributed by atoms with Gasteiger partial charge >= 0.3 is 0 Å². The van der Waals surface area contributed by atoms with Crippen molar-refractivity contribution in [3.8, 4) is 5.69 Å². The van der Waals surface area contributed by atoms with Crippen molar-refractivity contribution in [2.75, 3.05) is 0 Å². The van der Waals surface area contributed by atoms with E-state index in [2.05, 4.69) is 22.4 Å². The lowest BCUT2D eigenvalue weighted by Gasteiger charge is -2.16. The van der Waals surface area contributed by atoms with E-state index in [-0.39, 0.29) is 17.4 Å². The van der Waals surface area contributed by atoms with Gasteiger partial charge in [-0.15, -0.1) is 10.2 Å². The number of amides is 1. The molecule has 0 saturated carbocycles. The molecular weight excluding hydrogens is 517 g/mol. The number of non-ortho nitro benzene ring substituents is 1. The van der Waals surface area contributed by atoms with Crippen LogP contribution in [0.4, 0.5) is 10.1 Å². The van der Waals surface area contributed by atoms with Gasteiger partial charge < -0.3 is 5.32 Å². The maximum absolute atomic E-state index is 13.3. The molecule has 4 rings (SSSR count). The number of aromatic nitrogens is 3. The summed E-state index contributed by atoms with van der Waals surface area (Å²) in [5, 5.41) is 23.4. The summed E-state index contributed by atoms with van der Waals surface area (Å²) in [5.41, 5.74) is 3.25. The van der Waals surface area contributed by atoms with E-state index in [1.165, 1.54) is 48.0 Å². The van der Waals surface area contributed by atoms with Crippen LogP contribution in [0.1, 0.15) is 66.5 Å². The zero-order valence-electron chi connectivity index (χ0n) is 21.8. The second-order valence-electron chi connectivity index (χ2n) is 9.21. The highest BCUT2D eigenvalue weighted by atomic mass is 32.2. The summed E-state index contributed by atoms with van der Waals surface area (Å²) in [4.78, 5) is 23.7. The fourth-order valence-corrected chi connectivity index (χ4v) is 5.01. The Morgan fingerprint density at radius 2 is 1.67 bits per heavy atom. The Balaban J connectivity index is 1.55. The van der Waals surface area contributed by atoms with Crippen LogP contribution in [0.2, 0.25) is 0 Å². The van der Waals surface area contributed by atoms with E-state index in [0.717, 1.165) is 24.8 Å². The van der Waals surface area contributed by atoms with Gasteiger partial charge in [0.15, 0.2) is 11.0 Å². The number of nitrogens with one attached hydrogen (secondary N) is 1. The van der Waals surface area contributed by atoms with Crippen LogP contribution in [0.5, 0.6) is 0 Å². The van der Waals surface area contributed by atoms with E-state index < -0.39 is 11.0 Å². The van der Waals surface area contributed by atoms with Gasteiger partial charge in [0, 0.05) is 29.1 Å². The van der Waals surface area contributed by atoms with Gasteiger partial charge in [0.05, 0.1) is 11.0 Å². The lowest BCUT2D eigenvalue weighted by molar-refractivity contribution is -0.384. The SMILES string of the molecule is CCCCCc1ccc(C(=O)NC(C)c2nnc(SCc3ccc(F)cc3)n2-c2ccc([N+](=O)[O-])cc2)cc1. The standard InChI is InChI=1S/C29H30FN5O3S/c1-3-4-5-6-21-7-11-23(12-8-21)28(36)31-20(2)27-32-33-29(39-19-22-9-13-24(30)14-10-22)34(27)25-15-17-26(18-16-25)35(37)38/h7-18,20H,3-6,19H2,1-2H3,(H,31,36). The van der Waals surface area contributed by atoms with E-state index in [0.29, 0.717) is 28.0 Å². The first-order valence-corrected chi connectivity index (χ1v) is 13.8. The van der Waals surface area contributed by atoms with Crippen molar-refractivity contribution in [2.45, 2.75) is 56.5 Å². The van der Waals surface area contributed by atoms with Crippen LogP contribution in [0.3, 0.4) is 0 Å². The van der Waals surface area contributed by atoms with Crippen molar-refractivity contribution in [1.29, 1.82) is 0 Å². The average molecular weight is 548 g/mol. The summed E-state index contributed by atoms with van der Waals surface area (Å²) >= 11 is 1.39. The third-order valence-corrected chi connectivity index (χ3v) is 7.28. The highest BCUT2D eigenvalue weighted by Gasteiger charge is 2.22. The van der Waals surface area contributed by atoms with Crippen molar-refractivity contribution in [2.24, 2.45) is 0 Å². The minimum Gasteiger partial charge on any atom is -0.342 e. The fourth-order valence-electron chi connectivity index (χ4n) is 4.10. The highest BCUT2D eigenvalue weighted by Crippen LogP contribution is 2.29. The molecule has 1 amide bonds. The Hall–Kier alpha value is -4.05. The summed E-state index contributed by atoms with van der Waals surface area (Å²) in [6, 6.07) is 19.4. The average Bonchev–Trinajstić information content (AvgIpc) is 3.37. The molecule has 1 aromatic heterocycles. The van der Waals surface area contributed by atoms with Gasteiger partial charge in [-0.05, 0) is 67.3 Å². The van der Waals surface area contributed by atoms with Crippen molar-refractivity contribution >= 4 is 23.4 Å². The molecule has 0 bridgehead atoms. The number of carbonyl (C=O) groups is 1. The van der Waals surface area contributed by atoms with Crippen molar-refractivity contribution in [3.63, 3.8) is 0 Å². The molecule has 202 valence electrons. The molecule has 3 aromatic carbocycles. The molecule has 1 unspecified atom stereocenters. The number of rotatable bonds is 12. The number of thioether (sulfide) groups is 1. The smallest absolute Gasteiger partial charge is 0.269 e. The van der Waals surface area contributed by atoms with Crippen LogP contribution in [-0.4, -0.2) is 25.6 Å². The number of unbranched alkanes of at least 4 members (excludes halogenated alkanes) is 2. The number of halogens is 1. The molecule has 0 fully saturated rings. The summed E-state index contributed by atoms with van der Waals surface area (Å²) in [7, 11) is 0. The maximum Gasteiger partial charge on any atom is 0.269 e. The van der Waals surface area contributed by atoms with E-state index in [4.69, 9.17) is 0 Å². The third kappa shape index (κ3) is 7.29. The van der Waals surface area contributed by atoms with Gasteiger partial charge in [0.2, 0.25) is 0 Å². The quantitative estimate of drug-likeness (QED) is 0.0902. The second kappa shape index (κ2) is 13.1. The van der Waals surface area contributed by atoms with E-state index in [1.807, 2.05) is 31.2 Å². The van der Waals surface area contributed by atoms with Crippen LogP contribution in [0, 0.1) is 15.9 Å². The summed E-state index contributed by atoms with van der Waals surface area (Å²) in [6.45, 7) is 3.99. The van der Waals surface area contributed by atoms with Crippen LogP contribution in [0.25, 0.3) is 5.69 Å². The molecule has 4 aromatic rings. The summed E-state index contributed by atoms with van der Waals surface area (Å²) in [6.07, 6.45) is 4.45. The molecule has 0 saturated heterocycles. The molecule has 8 nitrogen and oxygen atoms in total. The number of aryl methyl sites for hydroxylation is 1. The lowest BCUT2D eigenvalue weighted by Crippen LogP contribution is -2.28. The van der Waals surface area contributed by atoms with Gasteiger partial charge in [0.1, 0.15) is 5.82 Å². The molecule has 10 heteroatoms. The second-order valence-corrected chi connectivity index (χ2v) is 10.2. The number of nitro groups is 1. The largest absolute Gasteiger partial charge is 0.342 e. The molecule has 1 N–H and O–H groups in total. The number of nitro benzene ring substituents is 1. The molecule has 0 aliphatic heterocycles. The Morgan fingerprint density at radius 1 is 1.00 bits per heavy atom. The number of nitrogens with zero attached hydrogens (tertiary/aromatic N) is 4. The summed E-state index contributed by atoms with van der Waals surface area (Å²) < 4.78 is 15.1. The van der Waals surface area contributed by atoms with Gasteiger partial charge in [0.25, 0.3) is 11.6 Å². The predicted octanol–water partition coefficient (Wildman–Crippen LogP) is 6.83. The van der Waals surface area contributed by atoms with E-state index >= 15 is 0 Å². The van der Waals surface area contributed by atoms with Crippen molar-refractivity contribution in [3.05, 3.63) is 111 Å². The summed E-state index contributed by atoms with van der Waals surface area (Å²) in [5.74, 6) is 0.448. The first-order chi connectivity index (χ1) is 18.9. The number of benzene rings is 3. The molecular formula is C29H30FN5O3S. The molecule has 39 heavy (non-hydrogen) atoms. The first kappa shape index (κ1) is 28.0. The first-order valence-electron chi connectivity index (χ1n) is 12.8. The van der Waals surface area contributed by atoms with Crippen LogP contribution < -0.4 is 5.32 Å². The van der Waals surface area contributed by atoms with Gasteiger partial charge in [-0.2, -0.15) is 0 Å². The molecule has 1 atom stereocenters. The molecule has 0 aliphatic carbocycles. The topological polar surface area (TPSA) is 103 Å². The monoisotopic (exact) mass is 547 g/mol. The van der Waals surface area contributed by atoms with Crippen molar-refractivity contribution < 1.29 is 14.1 Å². The van der Waals surface area contributed by atoms with E-state index in [9.17, 15) is 19.3 Å². The number of hydrogen-bond acceptors (Lipinski definition) is 6. The lowest BCUT2D eigenvalue weighted by atomic mass is 10.0. The maximum atomic E-state index is 13.3. The normalized spacial score (nSPS) is 11.8. The Bertz CT molecular complexity index is 1410. The minimum absolute atomic E-state index is 0.0339. The molecule has 0 radical (unpaired) electrons. The predicted molar refractivity (Wildman–Crippen MR) is 150 cm³/mol. The highest BCUT2D eigenvalue weighted by molar-refractivity contribution is 7.98. The minimum atomic E-state index is -0.510. The number of hydrogen-bond donors (Lipinski definition) is 1. The van der Waals surface area contributed by atoms with Crippen LogP contribution in [-0.2, 0) is 12.2 Å². The van der Waals surface area contributed by atoms with Gasteiger partial charge in [-0.25, -0.2) is 4.39 Å². The molecule has 0 spiro atoms. The van der Waals surface area contributed by atoms with Crippen molar-refractivity contribution in [1.82, 2.24) is 20.1 Å². The fraction of sp³-hybridized carbons (Fsp3) is 0.276. The Kier molecular flexibility index (Phi) is 9.43. The zero-order chi connectivity index (χ0) is 27.8. The van der Waals surface area contributed by atoms with E-state index in [1.54, 1.807) is 28.8 Å². The third-order valence-electron chi connectivity index (χ3n) is 6.28. The Labute approximate surface area is 230 Å². The molecule has 0 aliphatic rings. The Morgan fingerprint density at radius 3 is 2.31 bits per heavy atom. The van der Waals surface area contributed by atoms with Gasteiger partial charge in [-0.3, -0.25) is 19.5 Å². The molecule has 1 heterocycles. The zero-order valence-corrected chi connectivity index (χ0v) is 22.7. The number of carbonyl (C=O) groups excluding carboxylic acids is 1. The van der Waals surface area contributed by atoms with Gasteiger partial charge in [-0.1, -0.05) is 55.8 Å².